The van der Waals surface area contributed by atoms with Crippen LogP contribution in [0.25, 0.3) is 17.0 Å². The maximum absolute atomic E-state index is 12.2. The van der Waals surface area contributed by atoms with Gasteiger partial charge in [-0.3, -0.25) is 4.79 Å². The number of nitrogens with one attached hydrogen (secondary N) is 1. The molecular weight excluding hydrogens is 503 g/mol. The molecule has 0 fully saturated rings. The van der Waals surface area contributed by atoms with Gasteiger partial charge >= 0.3 is 6.30 Å². The summed E-state index contributed by atoms with van der Waals surface area (Å²) in [5, 5.41) is 13.9. The summed E-state index contributed by atoms with van der Waals surface area (Å²) < 4.78 is 42.9. The van der Waals surface area contributed by atoms with E-state index in [1.807, 2.05) is 23.0 Å². The van der Waals surface area contributed by atoms with E-state index in [0.29, 0.717) is 18.4 Å². The number of imidazole rings is 1. The number of likely N-dealkylation sites (N-methyl/N-ethyl adjacent to an activating group) is 1. The number of pyridine rings is 1. The second-order valence-corrected chi connectivity index (χ2v) is 8.80. The van der Waals surface area contributed by atoms with E-state index in [0.717, 1.165) is 25.7 Å². The van der Waals surface area contributed by atoms with E-state index in [2.05, 4.69) is 68.3 Å². The van der Waals surface area contributed by atoms with Crippen molar-refractivity contribution in [2.45, 2.75) is 39.0 Å². The van der Waals surface area contributed by atoms with Gasteiger partial charge in [-0.2, -0.15) is 14.9 Å². The standard InChI is InChI=1S/C10H12N2.C7H3F3N4O2.C7H11N3/c1-8(2)9-4-3-7-12-10(9)5-6-11-12;8-7(9,10)14-2-4(1-11-14)6-13-12-5(3-15)16-6;1-10-3-2-6-7(4-10)9-5-8-6/h3-8H,1-2H3;1-3H;5H,2-4H2,1H3,(H,8,9). The van der Waals surface area contributed by atoms with Crippen molar-refractivity contribution in [3.8, 4) is 11.5 Å². The fourth-order valence-corrected chi connectivity index (χ4v) is 3.78. The summed E-state index contributed by atoms with van der Waals surface area (Å²) in [5.74, 6) is 0.0535. The second-order valence-electron chi connectivity index (χ2n) is 8.80. The van der Waals surface area contributed by atoms with Crippen molar-refractivity contribution in [3.63, 3.8) is 0 Å². The quantitative estimate of drug-likeness (QED) is 0.347. The van der Waals surface area contributed by atoms with E-state index in [4.69, 9.17) is 4.42 Å². The first-order valence-electron chi connectivity index (χ1n) is 11.7. The minimum atomic E-state index is -4.61. The van der Waals surface area contributed by atoms with Crippen LogP contribution in [-0.4, -0.2) is 64.3 Å². The van der Waals surface area contributed by atoms with E-state index < -0.39 is 6.30 Å². The normalized spacial score (nSPS) is 13.4. The smallest absolute Gasteiger partial charge is 0.414 e. The molecule has 1 aliphatic rings. The third-order valence-corrected chi connectivity index (χ3v) is 5.69. The van der Waals surface area contributed by atoms with Crippen LogP contribution in [-0.2, 0) is 19.3 Å². The Morgan fingerprint density at radius 1 is 1.18 bits per heavy atom. The van der Waals surface area contributed by atoms with Gasteiger partial charge in [0.15, 0.2) is 0 Å². The number of H-pyrrole nitrogens is 1. The van der Waals surface area contributed by atoms with Crippen molar-refractivity contribution in [1.29, 1.82) is 0 Å². The summed E-state index contributed by atoms with van der Waals surface area (Å²) in [6.07, 6.45) is 3.97. The maximum Gasteiger partial charge on any atom is 0.504 e. The van der Waals surface area contributed by atoms with Crippen molar-refractivity contribution < 1.29 is 22.4 Å². The molecule has 14 heteroatoms. The van der Waals surface area contributed by atoms with Gasteiger partial charge in [-0.25, -0.2) is 9.50 Å². The Morgan fingerprint density at radius 3 is 2.68 bits per heavy atom. The Kier molecular flexibility index (Phi) is 8.00. The highest BCUT2D eigenvalue weighted by atomic mass is 19.4. The number of alkyl halides is 3. The molecule has 1 aliphatic heterocycles. The average molecular weight is 530 g/mol. The highest BCUT2D eigenvalue weighted by Crippen LogP contribution is 2.24. The lowest BCUT2D eigenvalue weighted by atomic mass is 10.0. The van der Waals surface area contributed by atoms with Crippen LogP contribution in [0.5, 0.6) is 0 Å². The zero-order valence-corrected chi connectivity index (χ0v) is 20.9. The Morgan fingerprint density at radius 2 is 2.00 bits per heavy atom. The van der Waals surface area contributed by atoms with E-state index in [9.17, 15) is 18.0 Å². The predicted molar refractivity (Wildman–Crippen MR) is 130 cm³/mol. The molecular formula is C24H26F3N9O2. The van der Waals surface area contributed by atoms with Crippen LogP contribution in [0, 0.1) is 0 Å². The summed E-state index contributed by atoms with van der Waals surface area (Å²) in [5.41, 5.74) is 5.09. The van der Waals surface area contributed by atoms with Crippen LogP contribution in [0.4, 0.5) is 13.2 Å². The minimum Gasteiger partial charge on any atom is -0.414 e. The topological polar surface area (TPSA) is 123 Å². The number of carbonyl (C=O) groups is 1. The first kappa shape index (κ1) is 26.7. The fourth-order valence-electron chi connectivity index (χ4n) is 3.78. The highest BCUT2D eigenvalue weighted by Gasteiger charge is 2.32. The van der Waals surface area contributed by atoms with Crippen LogP contribution in [0.3, 0.4) is 0 Å². The highest BCUT2D eigenvalue weighted by molar-refractivity contribution is 5.68. The number of aromatic amines is 1. The van der Waals surface area contributed by atoms with Crippen LogP contribution < -0.4 is 0 Å². The number of nitrogens with zero attached hydrogens (tertiary/aromatic N) is 8. The third kappa shape index (κ3) is 6.32. The molecule has 6 heterocycles. The van der Waals surface area contributed by atoms with Gasteiger partial charge in [0.2, 0.25) is 6.29 Å². The molecule has 5 aromatic heterocycles. The summed E-state index contributed by atoms with van der Waals surface area (Å²) in [7, 11) is 2.13. The molecule has 0 amide bonds. The molecule has 0 saturated carbocycles. The van der Waals surface area contributed by atoms with E-state index >= 15 is 0 Å². The first-order valence-corrected chi connectivity index (χ1v) is 11.7. The molecule has 0 radical (unpaired) electrons. The summed E-state index contributed by atoms with van der Waals surface area (Å²) in [4.78, 5) is 19.9. The second kappa shape index (κ2) is 11.4. The van der Waals surface area contributed by atoms with Crippen molar-refractivity contribution in [2.24, 2.45) is 0 Å². The molecule has 0 saturated heterocycles. The Labute approximate surface area is 215 Å². The molecule has 0 atom stereocenters. The van der Waals surface area contributed by atoms with E-state index in [1.54, 1.807) is 6.33 Å². The van der Waals surface area contributed by atoms with E-state index in [1.165, 1.54) is 22.5 Å². The van der Waals surface area contributed by atoms with E-state index in [-0.39, 0.29) is 22.0 Å². The molecule has 0 unspecified atom stereocenters. The summed E-state index contributed by atoms with van der Waals surface area (Å²) in [6.45, 7) is 6.55. The molecule has 6 rings (SSSR count). The number of hydrogen-bond donors (Lipinski definition) is 1. The Balaban J connectivity index is 0.000000137. The molecule has 5 aromatic rings. The van der Waals surface area contributed by atoms with Gasteiger partial charge in [0.25, 0.3) is 11.8 Å². The molecule has 0 aromatic carbocycles. The number of halogens is 3. The molecule has 1 N–H and O–H groups in total. The molecule has 0 bridgehead atoms. The number of carbonyl (C=O) groups excluding carboxylic acids is 1. The third-order valence-electron chi connectivity index (χ3n) is 5.69. The lowest BCUT2D eigenvalue weighted by Crippen LogP contribution is -2.26. The summed E-state index contributed by atoms with van der Waals surface area (Å²) >= 11 is 0. The molecule has 11 nitrogen and oxygen atoms in total. The van der Waals surface area contributed by atoms with Crippen molar-refractivity contribution in [2.75, 3.05) is 13.6 Å². The van der Waals surface area contributed by atoms with Gasteiger partial charge in [0.05, 0.1) is 35.0 Å². The Bertz CT molecular complexity index is 1480. The lowest BCUT2D eigenvalue weighted by Gasteiger charge is -2.20. The SMILES string of the molecule is CC(C)c1cccn2nccc12.CN1CCc2nc[nH]c2C1.O=Cc1nnc(-c2cnn(C(F)(F)F)c2)o1. The van der Waals surface area contributed by atoms with Gasteiger partial charge < -0.3 is 14.3 Å². The maximum atomic E-state index is 12.2. The van der Waals surface area contributed by atoms with Crippen molar-refractivity contribution in [1.82, 2.24) is 44.5 Å². The number of fused-ring (bicyclic) bond motifs is 2. The molecule has 0 spiro atoms. The lowest BCUT2D eigenvalue weighted by molar-refractivity contribution is -0.212. The number of rotatable bonds is 3. The van der Waals surface area contributed by atoms with Crippen LogP contribution in [0.2, 0.25) is 0 Å². The van der Waals surface area contributed by atoms with Crippen LogP contribution >= 0.6 is 0 Å². The van der Waals surface area contributed by atoms with Gasteiger partial charge in [0, 0.05) is 38.1 Å². The van der Waals surface area contributed by atoms with Gasteiger partial charge in [0.1, 0.15) is 0 Å². The van der Waals surface area contributed by atoms with Crippen molar-refractivity contribution in [3.05, 3.63) is 72.2 Å². The van der Waals surface area contributed by atoms with Gasteiger partial charge in [-0.05, 0) is 30.7 Å². The zero-order chi connectivity index (χ0) is 27.3. The monoisotopic (exact) mass is 529 g/mol. The van der Waals surface area contributed by atoms with Crippen LogP contribution in [0.15, 0.2) is 53.7 Å². The number of aldehydes is 1. The largest absolute Gasteiger partial charge is 0.504 e. The van der Waals surface area contributed by atoms with Gasteiger partial charge in [-0.15, -0.1) is 23.4 Å². The molecule has 0 aliphatic carbocycles. The average Bonchev–Trinajstić information content (AvgIpc) is 3.68. The molecule has 200 valence electrons. The number of aromatic nitrogens is 8. The zero-order valence-electron chi connectivity index (χ0n) is 20.9. The van der Waals surface area contributed by atoms with Gasteiger partial charge in [-0.1, -0.05) is 19.9 Å². The first-order chi connectivity index (χ1) is 18.2. The summed E-state index contributed by atoms with van der Waals surface area (Å²) in [6, 6.07) is 6.24. The fraction of sp³-hybridized carbons (Fsp3) is 0.333. The van der Waals surface area contributed by atoms with Crippen molar-refractivity contribution >= 4 is 11.8 Å². The molecule has 38 heavy (non-hydrogen) atoms. The number of hydrogen-bond acceptors (Lipinski definition) is 8. The van der Waals surface area contributed by atoms with Crippen LogP contribution in [0.1, 0.15) is 47.4 Å². The Hall–Kier alpha value is -4.33. The minimum absolute atomic E-state index is 0.0158. The predicted octanol–water partition coefficient (Wildman–Crippen LogP) is 4.08.